The van der Waals surface area contributed by atoms with Gasteiger partial charge in [0.25, 0.3) is 0 Å². The minimum absolute atomic E-state index is 0.311. The van der Waals surface area contributed by atoms with E-state index in [0.29, 0.717) is 6.54 Å². The van der Waals surface area contributed by atoms with Crippen LogP contribution in [0.5, 0.6) is 0 Å². The molecule has 0 bridgehead atoms. The van der Waals surface area contributed by atoms with Crippen LogP contribution in [0, 0.1) is 11.7 Å². The molecule has 2 rings (SSSR count). The third-order valence-corrected chi connectivity index (χ3v) is 3.21. The van der Waals surface area contributed by atoms with Gasteiger partial charge in [0, 0.05) is 25.2 Å². The first-order valence-corrected chi connectivity index (χ1v) is 5.80. The first kappa shape index (κ1) is 11.3. The fraction of sp³-hybridized carbons (Fsp3) is 0.583. The van der Waals surface area contributed by atoms with Gasteiger partial charge < -0.3 is 10.6 Å². The van der Waals surface area contributed by atoms with Gasteiger partial charge in [-0.25, -0.2) is 9.37 Å². The summed E-state index contributed by atoms with van der Waals surface area (Å²) in [4.78, 5) is 6.38. The number of piperidine rings is 1. The molecule has 1 saturated heterocycles. The van der Waals surface area contributed by atoms with Crippen molar-refractivity contribution in [2.45, 2.75) is 26.3 Å². The number of aromatic nitrogens is 1. The third kappa shape index (κ3) is 2.32. The first-order chi connectivity index (χ1) is 7.70. The Hall–Kier alpha value is -1.16. The van der Waals surface area contributed by atoms with Gasteiger partial charge in [-0.3, -0.25) is 0 Å². The molecule has 0 aliphatic carbocycles. The highest BCUT2D eigenvalue weighted by molar-refractivity contribution is 5.47. The zero-order valence-corrected chi connectivity index (χ0v) is 9.62. The molecule has 1 fully saturated rings. The number of nitrogens with two attached hydrogens (primary N) is 1. The Morgan fingerprint density at radius 3 is 2.81 bits per heavy atom. The van der Waals surface area contributed by atoms with Gasteiger partial charge in [0.1, 0.15) is 11.6 Å². The van der Waals surface area contributed by atoms with Crippen LogP contribution in [0.2, 0.25) is 0 Å². The number of anilines is 1. The summed E-state index contributed by atoms with van der Waals surface area (Å²) in [5.74, 6) is 1.32. The predicted molar refractivity (Wildman–Crippen MR) is 62.7 cm³/mol. The smallest absolute Gasteiger partial charge is 0.141 e. The van der Waals surface area contributed by atoms with E-state index < -0.39 is 0 Å². The topological polar surface area (TPSA) is 42.2 Å². The molecule has 2 N–H and O–H groups in total. The summed E-state index contributed by atoms with van der Waals surface area (Å²) in [6.45, 7) is 4.59. The normalized spacial score (nSPS) is 17.8. The molecule has 1 aromatic rings. The quantitative estimate of drug-likeness (QED) is 0.832. The number of rotatable bonds is 2. The fourth-order valence-electron chi connectivity index (χ4n) is 2.13. The van der Waals surface area contributed by atoms with Crippen molar-refractivity contribution >= 4 is 5.82 Å². The molecule has 0 unspecified atom stereocenters. The molecule has 1 aliphatic heterocycles. The molecule has 4 heteroatoms. The van der Waals surface area contributed by atoms with E-state index in [1.165, 1.54) is 25.1 Å². The average molecular weight is 223 g/mol. The Kier molecular flexibility index (Phi) is 3.39. The molecule has 0 radical (unpaired) electrons. The van der Waals surface area contributed by atoms with E-state index in [1.54, 1.807) is 0 Å². The van der Waals surface area contributed by atoms with Gasteiger partial charge in [-0.05, 0) is 24.8 Å². The van der Waals surface area contributed by atoms with Crippen molar-refractivity contribution in [3.63, 3.8) is 0 Å². The molecular formula is C12H18FN3. The second kappa shape index (κ2) is 4.78. The molecule has 16 heavy (non-hydrogen) atoms. The lowest BCUT2D eigenvalue weighted by atomic mass is 9.99. The highest BCUT2D eigenvalue weighted by Gasteiger charge is 2.19. The van der Waals surface area contributed by atoms with E-state index in [9.17, 15) is 4.39 Å². The van der Waals surface area contributed by atoms with Crippen LogP contribution in [0.1, 0.15) is 25.3 Å². The van der Waals surface area contributed by atoms with Crippen molar-refractivity contribution in [3.05, 3.63) is 23.6 Å². The van der Waals surface area contributed by atoms with Crippen molar-refractivity contribution in [2.24, 2.45) is 11.7 Å². The van der Waals surface area contributed by atoms with Crippen LogP contribution >= 0.6 is 0 Å². The molecule has 0 spiro atoms. The molecule has 2 heterocycles. The van der Waals surface area contributed by atoms with Crippen molar-refractivity contribution < 1.29 is 4.39 Å². The number of pyridine rings is 1. The van der Waals surface area contributed by atoms with E-state index >= 15 is 0 Å². The molecule has 1 aromatic heterocycles. The number of hydrogen-bond acceptors (Lipinski definition) is 3. The molecule has 0 amide bonds. The highest BCUT2D eigenvalue weighted by Crippen LogP contribution is 2.24. The van der Waals surface area contributed by atoms with Crippen LogP contribution in [0.15, 0.2) is 12.3 Å². The SMILES string of the molecule is CC1CCN(c2ncc(F)cc2CN)CC1. The maximum absolute atomic E-state index is 13.0. The average Bonchev–Trinajstić information content (AvgIpc) is 2.30. The lowest BCUT2D eigenvalue weighted by Gasteiger charge is -2.32. The summed E-state index contributed by atoms with van der Waals surface area (Å²) in [7, 11) is 0. The summed E-state index contributed by atoms with van der Waals surface area (Å²) in [5.41, 5.74) is 6.42. The summed E-state index contributed by atoms with van der Waals surface area (Å²) >= 11 is 0. The Morgan fingerprint density at radius 2 is 2.19 bits per heavy atom. The van der Waals surface area contributed by atoms with Crippen molar-refractivity contribution in [3.8, 4) is 0 Å². The van der Waals surface area contributed by atoms with Gasteiger partial charge in [-0.15, -0.1) is 0 Å². The second-order valence-electron chi connectivity index (χ2n) is 4.51. The van der Waals surface area contributed by atoms with Crippen LogP contribution < -0.4 is 10.6 Å². The van der Waals surface area contributed by atoms with Crippen LogP contribution in [0.3, 0.4) is 0 Å². The van der Waals surface area contributed by atoms with Gasteiger partial charge in [-0.1, -0.05) is 6.92 Å². The molecular weight excluding hydrogens is 205 g/mol. The van der Waals surface area contributed by atoms with Crippen LogP contribution in [0.4, 0.5) is 10.2 Å². The van der Waals surface area contributed by atoms with Gasteiger partial charge >= 0.3 is 0 Å². The summed E-state index contributed by atoms with van der Waals surface area (Å²) in [6, 6.07) is 1.49. The molecule has 3 nitrogen and oxygen atoms in total. The van der Waals surface area contributed by atoms with E-state index in [0.717, 1.165) is 30.4 Å². The largest absolute Gasteiger partial charge is 0.356 e. The van der Waals surface area contributed by atoms with Gasteiger partial charge in [-0.2, -0.15) is 0 Å². The van der Waals surface area contributed by atoms with Crippen molar-refractivity contribution in [1.82, 2.24) is 4.98 Å². The zero-order valence-electron chi connectivity index (χ0n) is 9.62. The minimum Gasteiger partial charge on any atom is -0.356 e. The Balaban J connectivity index is 2.19. The highest BCUT2D eigenvalue weighted by atomic mass is 19.1. The standard InChI is InChI=1S/C12H18FN3/c1-9-2-4-16(5-3-9)12-10(7-14)6-11(13)8-15-12/h6,8-9H,2-5,7,14H2,1H3. The Labute approximate surface area is 95.5 Å². The van der Waals surface area contributed by atoms with Crippen molar-refractivity contribution in [2.75, 3.05) is 18.0 Å². The maximum atomic E-state index is 13.0. The molecule has 0 saturated carbocycles. The van der Waals surface area contributed by atoms with Crippen LogP contribution in [-0.2, 0) is 6.54 Å². The van der Waals surface area contributed by atoms with Gasteiger partial charge in [0.15, 0.2) is 0 Å². The fourth-order valence-corrected chi connectivity index (χ4v) is 2.13. The monoisotopic (exact) mass is 223 g/mol. The van der Waals surface area contributed by atoms with Crippen LogP contribution in [-0.4, -0.2) is 18.1 Å². The molecule has 1 aliphatic rings. The molecule has 0 atom stereocenters. The number of halogens is 1. The minimum atomic E-state index is -0.311. The number of hydrogen-bond donors (Lipinski definition) is 1. The molecule has 0 aromatic carbocycles. The lowest BCUT2D eigenvalue weighted by molar-refractivity contribution is 0.435. The maximum Gasteiger partial charge on any atom is 0.141 e. The van der Waals surface area contributed by atoms with E-state index in [4.69, 9.17) is 5.73 Å². The Morgan fingerprint density at radius 1 is 1.50 bits per heavy atom. The zero-order chi connectivity index (χ0) is 11.5. The van der Waals surface area contributed by atoms with Gasteiger partial charge in [0.05, 0.1) is 6.20 Å². The number of nitrogens with zero attached hydrogens (tertiary/aromatic N) is 2. The Bertz CT molecular complexity index is 359. The second-order valence-corrected chi connectivity index (χ2v) is 4.51. The van der Waals surface area contributed by atoms with E-state index in [2.05, 4.69) is 16.8 Å². The summed E-state index contributed by atoms with van der Waals surface area (Å²) in [5, 5.41) is 0. The first-order valence-electron chi connectivity index (χ1n) is 5.80. The predicted octanol–water partition coefficient (Wildman–Crippen LogP) is 1.92. The van der Waals surface area contributed by atoms with Crippen LogP contribution in [0.25, 0.3) is 0 Å². The summed E-state index contributed by atoms with van der Waals surface area (Å²) in [6.07, 6.45) is 3.61. The van der Waals surface area contributed by atoms with E-state index in [1.807, 2.05) is 0 Å². The lowest BCUT2D eigenvalue weighted by Crippen LogP contribution is -2.34. The molecule has 88 valence electrons. The summed E-state index contributed by atoms with van der Waals surface area (Å²) < 4.78 is 13.0. The van der Waals surface area contributed by atoms with Gasteiger partial charge in [0.2, 0.25) is 0 Å². The van der Waals surface area contributed by atoms with E-state index in [-0.39, 0.29) is 5.82 Å². The third-order valence-electron chi connectivity index (χ3n) is 3.21. The van der Waals surface area contributed by atoms with Crippen molar-refractivity contribution in [1.29, 1.82) is 0 Å².